The van der Waals surface area contributed by atoms with Crippen LogP contribution in [0, 0.1) is 5.92 Å². The predicted octanol–water partition coefficient (Wildman–Crippen LogP) is 4.62. The van der Waals surface area contributed by atoms with Gasteiger partial charge in [0.25, 0.3) is 0 Å². The average Bonchev–Trinajstić information content (AvgIpc) is 2.33. The maximum atomic E-state index is 6.18. The second-order valence-electron chi connectivity index (χ2n) is 5.31. The van der Waals surface area contributed by atoms with Crippen LogP contribution in [-0.2, 0) is 0 Å². The molecule has 98 valence electrons. The zero-order chi connectivity index (χ0) is 12.3. The molecule has 0 aromatic carbocycles. The Morgan fingerprint density at radius 1 is 0.824 bits per heavy atom. The fraction of sp³-hybridized carbons (Fsp3) is 0.923. The lowest BCUT2D eigenvalue weighted by Crippen LogP contribution is -2.28. The van der Waals surface area contributed by atoms with E-state index in [4.69, 9.17) is 39.8 Å². The number of halogens is 3. The smallest absolute Gasteiger partial charge is 0.0520 e. The van der Waals surface area contributed by atoms with Gasteiger partial charge in [-0.2, -0.15) is 0 Å². The zero-order valence-electron chi connectivity index (χ0n) is 9.99. The van der Waals surface area contributed by atoms with Gasteiger partial charge in [0.1, 0.15) is 0 Å². The van der Waals surface area contributed by atoms with Crippen LogP contribution in [0.4, 0.5) is 0 Å². The van der Waals surface area contributed by atoms with Crippen molar-refractivity contribution in [2.75, 3.05) is 0 Å². The maximum absolute atomic E-state index is 6.18. The summed E-state index contributed by atoms with van der Waals surface area (Å²) >= 11 is 18.4. The minimum Gasteiger partial charge on any atom is -0.294 e. The Bertz CT molecular complexity index is 261. The SMILES string of the molecule is ClC1CCC(C=NC2CCC(Cl)C(Cl)C2)CC1. The summed E-state index contributed by atoms with van der Waals surface area (Å²) in [4.78, 5) is 4.71. The van der Waals surface area contributed by atoms with E-state index in [9.17, 15) is 0 Å². The molecule has 0 amide bonds. The van der Waals surface area contributed by atoms with Crippen molar-refractivity contribution in [2.45, 2.75) is 67.1 Å². The topological polar surface area (TPSA) is 12.4 Å². The summed E-state index contributed by atoms with van der Waals surface area (Å²) in [5, 5.41) is 0.611. The minimum atomic E-state index is 0.0890. The van der Waals surface area contributed by atoms with Crippen molar-refractivity contribution in [1.82, 2.24) is 0 Å². The molecule has 0 radical (unpaired) electrons. The summed E-state index contributed by atoms with van der Waals surface area (Å²) in [5.41, 5.74) is 0. The lowest BCUT2D eigenvalue weighted by atomic mass is 9.89. The molecular weight excluding hydrogens is 277 g/mol. The largest absolute Gasteiger partial charge is 0.294 e. The number of rotatable bonds is 2. The highest BCUT2D eigenvalue weighted by Gasteiger charge is 2.27. The van der Waals surface area contributed by atoms with E-state index in [0.717, 1.165) is 32.1 Å². The summed E-state index contributed by atoms with van der Waals surface area (Å²) in [6.45, 7) is 0. The van der Waals surface area contributed by atoms with E-state index < -0.39 is 0 Å². The second-order valence-corrected chi connectivity index (χ2v) is 7.05. The van der Waals surface area contributed by atoms with Crippen molar-refractivity contribution in [3.8, 4) is 0 Å². The Hall–Kier alpha value is 0.540. The van der Waals surface area contributed by atoms with Crippen LogP contribution >= 0.6 is 34.8 Å². The molecule has 2 rings (SSSR count). The van der Waals surface area contributed by atoms with Crippen LogP contribution in [0.1, 0.15) is 44.9 Å². The fourth-order valence-electron chi connectivity index (χ4n) is 2.66. The van der Waals surface area contributed by atoms with E-state index in [1.165, 1.54) is 12.8 Å². The lowest BCUT2D eigenvalue weighted by Gasteiger charge is -2.27. The Kier molecular flexibility index (Phi) is 5.45. The molecule has 2 aliphatic carbocycles. The Balaban J connectivity index is 1.76. The van der Waals surface area contributed by atoms with Gasteiger partial charge in [-0.3, -0.25) is 4.99 Å². The first kappa shape index (κ1) is 14.0. The number of alkyl halides is 3. The summed E-state index contributed by atoms with van der Waals surface area (Å²) in [6.07, 6.45) is 9.79. The molecule has 0 spiro atoms. The van der Waals surface area contributed by atoms with Crippen molar-refractivity contribution in [3.63, 3.8) is 0 Å². The van der Waals surface area contributed by atoms with Crippen LogP contribution in [0.25, 0.3) is 0 Å². The van der Waals surface area contributed by atoms with Gasteiger partial charge in [0.15, 0.2) is 0 Å². The number of nitrogens with zero attached hydrogens (tertiary/aromatic N) is 1. The van der Waals surface area contributed by atoms with Gasteiger partial charge in [-0.05, 0) is 50.9 Å². The molecular formula is C13H20Cl3N. The highest BCUT2D eigenvalue weighted by atomic mass is 35.5. The van der Waals surface area contributed by atoms with Crippen molar-refractivity contribution >= 4 is 41.0 Å². The van der Waals surface area contributed by atoms with E-state index in [-0.39, 0.29) is 10.8 Å². The predicted molar refractivity (Wildman–Crippen MR) is 77.0 cm³/mol. The quantitative estimate of drug-likeness (QED) is 0.521. The molecule has 2 aliphatic rings. The van der Waals surface area contributed by atoms with Gasteiger partial charge < -0.3 is 0 Å². The van der Waals surface area contributed by atoms with Crippen molar-refractivity contribution < 1.29 is 0 Å². The van der Waals surface area contributed by atoms with E-state index in [2.05, 4.69) is 6.21 Å². The third-order valence-corrected chi connectivity index (χ3v) is 5.44. The van der Waals surface area contributed by atoms with Crippen LogP contribution in [0.15, 0.2) is 4.99 Å². The first-order valence-electron chi connectivity index (χ1n) is 6.60. The van der Waals surface area contributed by atoms with Crippen LogP contribution in [-0.4, -0.2) is 28.4 Å². The molecule has 0 N–H and O–H groups in total. The molecule has 2 saturated carbocycles. The van der Waals surface area contributed by atoms with E-state index in [1.54, 1.807) is 0 Å². The first-order valence-corrected chi connectivity index (χ1v) is 7.91. The van der Waals surface area contributed by atoms with Gasteiger partial charge in [-0.15, -0.1) is 34.8 Å². The van der Waals surface area contributed by atoms with E-state index >= 15 is 0 Å². The molecule has 0 aliphatic heterocycles. The Labute approximate surface area is 119 Å². The Morgan fingerprint density at radius 3 is 2.18 bits per heavy atom. The summed E-state index contributed by atoms with van der Waals surface area (Å²) in [5.74, 6) is 0.632. The van der Waals surface area contributed by atoms with Crippen molar-refractivity contribution in [1.29, 1.82) is 0 Å². The third-order valence-electron chi connectivity index (χ3n) is 3.87. The minimum absolute atomic E-state index is 0.0890. The molecule has 0 aromatic heterocycles. The average molecular weight is 297 g/mol. The summed E-state index contributed by atoms with van der Waals surface area (Å²) in [6, 6.07) is 0.390. The molecule has 2 fully saturated rings. The highest BCUT2D eigenvalue weighted by Crippen LogP contribution is 2.30. The number of aliphatic imine (C=N–C) groups is 1. The number of hydrogen-bond acceptors (Lipinski definition) is 1. The molecule has 0 heterocycles. The van der Waals surface area contributed by atoms with Gasteiger partial charge in [0.05, 0.1) is 16.8 Å². The van der Waals surface area contributed by atoms with Gasteiger partial charge in [-0.1, -0.05) is 0 Å². The molecule has 1 nitrogen and oxygen atoms in total. The first-order chi connectivity index (χ1) is 8.15. The highest BCUT2D eigenvalue weighted by molar-refractivity contribution is 6.30. The number of hydrogen-bond donors (Lipinski definition) is 0. The van der Waals surface area contributed by atoms with Crippen LogP contribution in [0.3, 0.4) is 0 Å². The standard InChI is InChI=1S/C13H20Cl3N/c14-10-3-1-9(2-4-10)8-17-11-5-6-12(15)13(16)7-11/h8-13H,1-7H2. The van der Waals surface area contributed by atoms with Crippen molar-refractivity contribution in [2.24, 2.45) is 10.9 Å². The van der Waals surface area contributed by atoms with Gasteiger partial charge >= 0.3 is 0 Å². The van der Waals surface area contributed by atoms with Crippen LogP contribution in [0.2, 0.25) is 0 Å². The zero-order valence-corrected chi connectivity index (χ0v) is 12.3. The maximum Gasteiger partial charge on any atom is 0.0520 e. The molecule has 0 saturated heterocycles. The van der Waals surface area contributed by atoms with Gasteiger partial charge in [-0.25, -0.2) is 0 Å². The monoisotopic (exact) mass is 295 g/mol. The van der Waals surface area contributed by atoms with E-state index in [0.29, 0.717) is 17.3 Å². The fourth-order valence-corrected chi connectivity index (χ4v) is 3.48. The second kappa shape index (κ2) is 6.63. The summed E-state index contributed by atoms with van der Waals surface area (Å²) in [7, 11) is 0. The lowest BCUT2D eigenvalue weighted by molar-refractivity contribution is 0.435. The Morgan fingerprint density at radius 2 is 1.53 bits per heavy atom. The summed E-state index contributed by atoms with van der Waals surface area (Å²) < 4.78 is 0. The third kappa shape index (κ3) is 4.29. The molecule has 0 aromatic rings. The molecule has 3 unspecified atom stereocenters. The molecule has 0 bridgehead atoms. The van der Waals surface area contributed by atoms with Crippen molar-refractivity contribution in [3.05, 3.63) is 0 Å². The van der Waals surface area contributed by atoms with E-state index in [1.807, 2.05) is 0 Å². The molecule has 3 atom stereocenters. The normalized spacial score (nSPS) is 44.1. The molecule has 17 heavy (non-hydrogen) atoms. The van der Waals surface area contributed by atoms with Gasteiger partial charge in [0.2, 0.25) is 0 Å². The van der Waals surface area contributed by atoms with Crippen LogP contribution in [0.5, 0.6) is 0 Å². The van der Waals surface area contributed by atoms with Crippen LogP contribution < -0.4 is 0 Å². The van der Waals surface area contributed by atoms with Gasteiger partial charge in [0, 0.05) is 11.6 Å². The molecule has 4 heteroatoms.